The maximum absolute atomic E-state index is 12.0. The summed E-state index contributed by atoms with van der Waals surface area (Å²) < 4.78 is 24.0. The third-order valence-electron chi connectivity index (χ3n) is 4.29. The summed E-state index contributed by atoms with van der Waals surface area (Å²) in [6, 6.07) is 7.44. The van der Waals surface area contributed by atoms with Crippen LogP contribution in [0.25, 0.3) is 0 Å². The van der Waals surface area contributed by atoms with Gasteiger partial charge in [-0.1, -0.05) is 17.8 Å². The number of aryl methyl sites for hydroxylation is 2. The summed E-state index contributed by atoms with van der Waals surface area (Å²) in [5.41, 5.74) is 3.06. The van der Waals surface area contributed by atoms with Crippen molar-refractivity contribution < 1.29 is 13.2 Å². The smallest absolute Gasteiger partial charge is 0.262 e. The summed E-state index contributed by atoms with van der Waals surface area (Å²) >= 11 is 1.32. The van der Waals surface area contributed by atoms with Gasteiger partial charge in [0, 0.05) is 10.9 Å². The topological polar surface area (TPSA) is 90.6 Å². The SMILES string of the molecule is Cc1ccc(N2C(=NC(=O)CC#N)S[C@@H]3CS(=O)(=O)C[C@@H]32)cc1C. The Labute approximate surface area is 145 Å². The van der Waals surface area contributed by atoms with Gasteiger partial charge in [-0.2, -0.15) is 10.3 Å². The third-order valence-corrected chi connectivity index (χ3v) is 7.50. The molecule has 1 amide bonds. The first kappa shape index (κ1) is 17.0. The van der Waals surface area contributed by atoms with E-state index in [1.54, 1.807) is 6.07 Å². The highest BCUT2D eigenvalue weighted by Crippen LogP contribution is 2.41. The van der Waals surface area contributed by atoms with E-state index in [0.29, 0.717) is 5.17 Å². The molecule has 6 nitrogen and oxygen atoms in total. The Hall–Kier alpha value is -1.85. The Balaban J connectivity index is 2.03. The van der Waals surface area contributed by atoms with E-state index in [4.69, 9.17) is 5.26 Å². The van der Waals surface area contributed by atoms with Crippen molar-refractivity contribution in [3.63, 3.8) is 0 Å². The van der Waals surface area contributed by atoms with Crippen LogP contribution >= 0.6 is 11.8 Å². The number of sulfone groups is 1. The summed E-state index contributed by atoms with van der Waals surface area (Å²) in [5.74, 6) is -0.352. The first-order chi connectivity index (χ1) is 11.3. The maximum Gasteiger partial charge on any atom is 0.262 e. The Kier molecular flexibility index (Phi) is 4.40. The summed E-state index contributed by atoms with van der Waals surface area (Å²) in [5, 5.41) is 9.01. The van der Waals surface area contributed by atoms with E-state index in [9.17, 15) is 13.2 Å². The summed E-state index contributed by atoms with van der Waals surface area (Å²) in [6.07, 6.45) is -0.279. The van der Waals surface area contributed by atoms with E-state index in [1.165, 1.54) is 11.8 Å². The second-order valence-corrected chi connectivity index (χ2v) is 9.42. The van der Waals surface area contributed by atoms with Gasteiger partial charge in [-0.15, -0.1) is 0 Å². The molecule has 0 unspecified atom stereocenters. The van der Waals surface area contributed by atoms with Crippen LogP contribution in [0.1, 0.15) is 17.5 Å². The van der Waals surface area contributed by atoms with Gasteiger partial charge in [0.25, 0.3) is 5.91 Å². The van der Waals surface area contributed by atoms with Crippen molar-refractivity contribution in [2.45, 2.75) is 31.6 Å². The van der Waals surface area contributed by atoms with Gasteiger partial charge < -0.3 is 4.90 Å². The lowest BCUT2D eigenvalue weighted by molar-refractivity contribution is -0.116. The highest BCUT2D eigenvalue weighted by Gasteiger charge is 2.49. The number of nitriles is 1. The molecule has 0 radical (unpaired) electrons. The predicted octanol–water partition coefficient (Wildman–Crippen LogP) is 1.82. The molecule has 2 heterocycles. The Bertz CT molecular complexity index is 871. The number of carbonyl (C=O) groups excluding carboxylic acids is 1. The third kappa shape index (κ3) is 3.19. The molecule has 0 spiro atoms. The van der Waals surface area contributed by atoms with E-state index >= 15 is 0 Å². The Morgan fingerprint density at radius 1 is 1.38 bits per heavy atom. The highest BCUT2D eigenvalue weighted by atomic mass is 32.2. The molecule has 2 fully saturated rings. The van der Waals surface area contributed by atoms with Crippen molar-refractivity contribution in [2.24, 2.45) is 4.99 Å². The van der Waals surface area contributed by atoms with Gasteiger partial charge in [-0.05, 0) is 37.1 Å². The van der Waals surface area contributed by atoms with Crippen LogP contribution < -0.4 is 4.90 Å². The van der Waals surface area contributed by atoms with Gasteiger partial charge in [0.2, 0.25) is 0 Å². The number of aliphatic imine (C=N–C) groups is 1. The van der Waals surface area contributed by atoms with Gasteiger partial charge in [-0.25, -0.2) is 8.42 Å². The monoisotopic (exact) mass is 363 g/mol. The van der Waals surface area contributed by atoms with Crippen molar-refractivity contribution in [1.29, 1.82) is 5.26 Å². The van der Waals surface area contributed by atoms with E-state index < -0.39 is 15.7 Å². The molecule has 126 valence electrons. The number of hydrogen-bond donors (Lipinski definition) is 0. The molecule has 0 aromatic heterocycles. The molecule has 2 saturated heterocycles. The minimum absolute atomic E-state index is 0.0586. The number of hydrogen-bond acceptors (Lipinski definition) is 5. The molecule has 2 atom stereocenters. The predicted molar refractivity (Wildman–Crippen MR) is 94.9 cm³/mol. The van der Waals surface area contributed by atoms with Crippen LogP contribution in [0, 0.1) is 25.2 Å². The van der Waals surface area contributed by atoms with Crippen LogP contribution in [0.3, 0.4) is 0 Å². The maximum atomic E-state index is 12.0. The van der Waals surface area contributed by atoms with E-state index in [2.05, 4.69) is 4.99 Å². The quantitative estimate of drug-likeness (QED) is 0.796. The Morgan fingerprint density at radius 3 is 2.79 bits per heavy atom. The van der Waals surface area contributed by atoms with Crippen LogP contribution in [-0.4, -0.2) is 42.3 Å². The second kappa shape index (κ2) is 6.22. The molecule has 2 aliphatic rings. The zero-order chi connectivity index (χ0) is 17.5. The van der Waals surface area contributed by atoms with Gasteiger partial charge >= 0.3 is 0 Å². The van der Waals surface area contributed by atoms with Crippen molar-refractivity contribution in [2.75, 3.05) is 16.4 Å². The molecule has 8 heteroatoms. The lowest BCUT2D eigenvalue weighted by atomic mass is 10.1. The fourth-order valence-electron chi connectivity index (χ4n) is 2.96. The Morgan fingerprint density at radius 2 is 2.12 bits per heavy atom. The zero-order valence-electron chi connectivity index (χ0n) is 13.4. The fraction of sp³-hybridized carbons (Fsp3) is 0.438. The number of fused-ring (bicyclic) bond motifs is 1. The molecule has 0 N–H and O–H groups in total. The van der Waals surface area contributed by atoms with Crippen molar-refractivity contribution in [3.8, 4) is 6.07 Å². The fourth-order valence-corrected chi connectivity index (χ4v) is 6.89. The molecule has 1 aromatic rings. The largest absolute Gasteiger partial charge is 0.316 e. The molecule has 1 aromatic carbocycles. The number of amides is 1. The number of carbonyl (C=O) groups is 1. The number of benzene rings is 1. The van der Waals surface area contributed by atoms with Crippen molar-refractivity contribution >= 4 is 38.4 Å². The lowest BCUT2D eigenvalue weighted by Crippen LogP contribution is -2.37. The zero-order valence-corrected chi connectivity index (χ0v) is 15.0. The summed E-state index contributed by atoms with van der Waals surface area (Å²) in [6.45, 7) is 3.99. The normalized spacial score (nSPS) is 26.4. The lowest BCUT2D eigenvalue weighted by Gasteiger charge is -2.25. The minimum atomic E-state index is -3.08. The van der Waals surface area contributed by atoms with E-state index in [0.717, 1.165) is 16.8 Å². The molecule has 0 aliphatic carbocycles. The molecule has 3 rings (SSSR count). The molecular weight excluding hydrogens is 346 g/mol. The van der Waals surface area contributed by atoms with Gasteiger partial charge in [0.1, 0.15) is 6.42 Å². The molecule has 0 bridgehead atoms. The van der Waals surface area contributed by atoms with Crippen LogP contribution in [0.15, 0.2) is 23.2 Å². The number of nitrogens with zero attached hydrogens (tertiary/aromatic N) is 3. The first-order valence-electron chi connectivity index (χ1n) is 7.53. The van der Waals surface area contributed by atoms with Crippen molar-refractivity contribution in [1.82, 2.24) is 0 Å². The average molecular weight is 363 g/mol. The summed E-state index contributed by atoms with van der Waals surface area (Å²) in [7, 11) is -3.08. The van der Waals surface area contributed by atoms with Gasteiger partial charge in [0.15, 0.2) is 15.0 Å². The number of thioether (sulfide) groups is 1. The second-order valence-electron chi connectivity index (χ2n) is 6.06. The highest BCUT2D eigenvalue weighted by molar-refractivity contribution is 8.16. The molecule has 2 aliphatic heterocycles. The van der Waals surface area contributed by atoms with Crippen LogP contribution in [0.4, 0.5) is 5.69 Å². The molecule has 0 saturated carbocycles. The van der Waals surface area contributed by atoms with Gasteiger partial charge in [-0.3, -0.25) is 4.79 Å². The first-order valence-corrected chi connectivity index (χ1v) is 10.2. The standard InChI is InChI=1S/C16H17N3O3S2/c1-10-3-4-12(7-11(10)2)19-13-8-24(21,22)9-14(13)23-16(19)18-15(20)5-6-17/h3-4,7,13-14H,5,8-9H2,1-2H3/t13-,14+/m0/s1. The minimum Gasteiger partial charge on any atom is -0.316 e. The van der Waals surface area contributed by atoms with Crippen LogP contribution in [0.5, 0.6) is 0 Å². The van der Waals surface area contributed by atoms with E-state index in [-0.39, 0.29) is 29.2 Å². The van der Waals surface area contributed by atoms with Crippen LogP contribution in [-0.2, 0) is 14.6 Å². The summed E-state index contributed by atoms with van der Waals surface area (Å²) in [4.78, 5) is 17.7. The van der Waals surface area contributed by atoms with Gasteiger partial charge in [0.05, 0.1) is 23.6 Å². The number of amidine groups is 1. The van der Waals surface area contributed by atoms with Crippen molar-refractivity contribution in [3.05, 3.63) is 29.3 Å². The molecule has 24 heavy (non-hydrogen) atoms. The average Bonchev–Trinajstić information content (AvgIpc) is 2.93. The number of rotatable bonds is 2. The number of anilines is 1. The molecular formula is C16H17N3O3S2. The van der Waals surface area contributed by atoms with E-state index in [1.807, 2.05) is 36.9 Å². The van der Waals surface area contributed by atoms with Crippen LogP contribution in [0.2, 0.25) is 0 Å².